The minimum Gasteiger partial charge on any atom is -0.284 e. The summed E-state index contributed by atoms with van der Waals surface area (Å²) >= 11 is 0. The van der Waals surface area contributed by atoms with Gasteiger partial charge in [-0.15, -0.1) is 0 Å². The Hall–Kier alpha value is -1.29. The molecule has 1 rings (SSSR count). The molecule has 0 amide bonds. The normalized spacial score (nSPS) is 10.8. The molecule has 1 N–H and O–H groups in total. The number of benzene rings is 1. The van der Waals surface area contributed by atoms with Gasteiger partial charge in [-0.25, -0.2) is 8.42 Å². The highest BCUT2D eigenvalue weighted by Gasteiger charge is 1.99. The molecular weight excluding hydrogens is 186 g/mol. The lowest BCUT2D eigenvalue weighted by molar-refractivity contribution is 0.607. The Balaban J connectivity index is 2.87. The number of rotatable bonds is 3. The molecule has 0 saturated heterocycles. The van der Waals surface area contributed by atoms with E-state index in [9.17, 15) is 8.42 Å². The second-order valence-electron chi connectivity index (χ2n) is 2.70. The summed E-state index contributed by atoms with van der Waals surface area (Å²) in [7, 11) is -3.17. The number of sulfonamides is 1. The number of hydrogen-bond donors (Lipinski definition) is 1. The minimum absolute atomic E-state index is 0.563. The molecular formula is C9H11NO2S. The van der Waals surface area contributed by atoms with E-state index in [1.165, 1.54) is 0 Å². The number of hydrogen-bond acceptors (Lipinski definition) is 2. The lowest BCUT2D eigenvalue weighted by Crippen LogP contribution is -2.09. The molecule has 0 fully saturated rings. The van der Waals surface area contributed by atoms with Gasteiger partial charge in [0.25, 0.3) is 0 Å². The fourth-order valence-corrected chi connectivity index (χ4v) is 1.47. The first-order valence-corrected chi connectivity index (χ1v) is 5.61. The third-order valence-electron chi connectivity index (χ3n) is 1.45. The summed E-state index contributed by atoms with van der Waals surface area (Å²) in [6, 6.07) is 6.97. The van der Waals surface area contributed by atoms with Gasteiger partial charge in [-0.05, 0) is 17.7 Å². The van der Waals surface area contributed by atoms with Gasteiger partial charge in [-0.1, -0.05) is 24.8 Å². The van der Waals surface area contributed by atoms with Crippen molar-refractivity contribution in [3.63, 3.8) is 0 Å². The van der Waals surface area contributed by atoms with E-state index in [1.807, 2.05) is 0 Å². The summed E-state index contributed by atoms with van der Waals surface area (Å²) < 4.78 is 24.0. The number of anilines is 1. The molecule has 0 aliphatic heterocycles. The number of nitrogens with one attached hydrogen (secondary N) is 1. The van der Waals surface area contributed by atoms with Crippen molar-refractivity contribution >= 4 is 21.8 Å². The van der Waals surface area contributed by atoms with E-state index in [2.05, 4.69) is 11.3 Å². The van der Waals surface area contributed by atoms with Crippen molar-refractivity contribution in [3.8, 4) is 0 Å². The molecule has 0 aromatic heterocycles. The Kier molecular flexibility index (Phi) is 2.72. The lowest BCUT2D eigenvalue weighted by atomic mass is 10.2. The first kappa shape index (κ1) is 9.80. The van der Waals surface area contributed by atoms with Crippen LogP contribution in [-0.2, 0) is 10.0 Å². The average Bonchev–Trinajstić information content (AvgIpc) is 2.03. The first-order chi connectivity index (χ1) is 6.01. The molecule has 13 heavy (non-hydrogen) atoms. The molecule has 0 atom stereocenters. The fourth-order valence-electron chi connectivity index (χ4n) is 0.901. The van der Waals surface area contributed by atoms with Crippen molar-refractivity contribution in [2.24, 2.45) is 0 Å². The summed E-state index contributed by atoms with van der Waals surface area (Å²) in [5, 5.41) is 0. The molecule has 1 aromatic carbocycles. The monoisotopic (exact) mass is 197 g/mol. The quantitative estimate of drug-likeness (QED) is 0.801. The second kappa shape index (κ2) is 3.62. The van der Waals surface area contributed by atoms with E-state index in [-0.39, 0.29) is 0 Å². The van der Waals surface area contributed by atoms with Gasteiger partial charge >= 0.3 is 0 Å². The SMILES string of the molecule is C=Cc1ccc(NS(C)(=O)=O)cc1. The summed E-state index contributed by atoms with van der Waals surface area (Å²) in [4.78, 5) is 0. The molecule has 4 heteroatoms. The Morgan fingerprint density at radius 2 is 1.85 bits per heavy atom. The molecule has 0 spiro atoms. The molecule has 3 nitrogen and oxygen atoms in total. The van der Waals surface area contributed by atoms with Crippen molar-refractivity contribution in [1.82, 2.24) is 0 Å². The standard InChI is InChI=1S/C9H11NO2S/c1-3-8-4-6-9(7-5-8)10-13(2,11)12/h3-7,10H,1H2,2H3. The Bertz CT molecular complexity index is 392. The van der Waals surface area contributed by atoms with Gasteiger partial charge in [0.1, 0.15) is 0 Å². The molecule has 0 aliphatic rings. The zero-order valence-electron chi connectivity index (χ0n) is 7.32. The smallest absolute Gasteiger partial charge is 0.229 e. The van der Waals surface area contributed by atoms with Crippen molar-refractivity contribution in [2.45, 2.75) is 0 Å². The van der Waals surface area contributed by atoms with E-state index < -0.39 is 10.0 Å². The molecule has 0 unspecified atom stereocenters. The van der Waals surface area contributed by atoms with E-state index in [4.69, 9.17) is 0 Å². The van der Waals surface area contributed by atoms with Gasteiger partial charge in [0.2, 0.25) is 10.0 Å². The maximum absolute atomic E-state index is 10.8. The predicted molar refractivity (Wildman–Crippen MR) is 55.0 cm³/mol. The van der Waals surface area contributed by atoms with Gasteiger partial charge < -0.3 is 0 Å². The topological polar surface area (TPSA) is 46.2 Å². The minimum atomic E-state index is -3.17. The lowest BCUT2D eigenvalue weighted by Gasteiger charge is -2.02. The van der Waals surface area contributed by atoms with E-state index in [1.54, 1.807) is 30.3 Å². The van der Waals surface area contributed by atoms with Crippen LogP contribution in [0.25, 0.3) is 6.08 Å². The second-order valence-corrected chi connectivity index (χ2v) is 4.45. The van der Waals surface area contributed by atoms with Crippen molar-refractivity contribution < 1.29 is 8.42 Å². The van der Waals surface area contributed by atoms with Crippen molar-refractivity contribution in [2.75, 3.05) is 11.0 Å². The van der Waals surface area contributed by atoms with Crippen LogP contribution in [-0.4, -0.2) is 14.7 Å². The summed E-state index contributed by atoms with van der Waals surface area (Å²) in [5.41, 5.74) is 1.52. The largest absolute Gasteiger partial charge is 0.284 e. The molecule has 70 valence electrons. The maximum Gasteiger partial charge on any atom is 0.229 e. The first-order valence-electron chi connectivity index (χ1n) is 3.71. The predicted octanol–water partition coefficient (Wildman–Crippen LogP) is 1.70. The van der Waals surface area contributed by atoms with Gasteiger partial charge in [0.05, 0.1) is 6.26 Å². The Morgan fingerprint density at radius 3 is 2.23 bits per heavy atom. The Labute approximate surface area is 78.1 Å². The van der Waals surface area contributed by atoms with Crippen LogP contribution >= 0.6 is 0 Å². The average molecular weight is 197 g/mol. The summed E-state index contributed by atoms with van der Waals surface area (Å²) in [5.74, 6) is 0. The van der Waals surface area contributed by atoms with Crippen LogP contribution < -0.4 is 4.72 Å². The molecule has 0 aliphatic carbocycles. The van der Waals surface area contributed by atoms with Crippen molar-refractivity contribution in [3.05, 3.63) is 36.4 Å². The van der Waals surface area contributed by atoms with Crippen LogP contribution in [0.15, 0.2) is 30.8 Å². The molecule has 0 radical (unpaired) electrons. The van der Waals surface area contributed by atoms with E-state index in [0.717, 1.165) is 11.8 Å². The Morgan fingerprint density at radius 1 is 1.31 bits per heavy atom. The molecule has 0 saturated carbocycles. The molecule has 0 heterocycles. The van der Waals surface area contributed by atoms with Gasteiger partial charge in [-0.2, -0.15) is 0 Å². The summed E-state index contributed by atoms with van der Waals surface area (Å²) in [6.45, 7) is 3.60. The van der Waals surface area contributed by atoms with Gasteiger partial charge in [-0.3, -0.25) is 4.72 Å². The van der Waals surface area contributed by atoms with Crippen LogP contribution in [0.4, 0.5) is 5.69 Å². The van der Waals surface area contributed by atoms with E-state index >= 15 is 0 Å². The highest BCUT2D eigenvalue weighted by Crippen LogP contribution is 2.10. The van der Waals surface area contributed by atoms with E-state index in [0.29, 0.717) is 5.69 Å². The highest BCUT2D eigenvalue weighted by atomic mass is 32.2. The van der Waals surface area contributed by atoms with Crippen LogP contribution in [0.5, 0.6) is 0 Å². The third-order valence-corrected chi connectivity index (χ3v) is 2.06. The zero-order chi connectivity index (χ0) is 9.90. The van der Waals surface area contributed by atoms with Crippen LogP contribution in [0.1, 0.15) is 5.56 Å². The van der Waals surface area contributed by atoms with Crippen LogP contribution in [0, 0.1) is 0 Å². The third kappa shape index (κ3) is 3.29. The maximum atomic E-state index is 10.8. The highest BCUT2D eigenvalue weighted by molar-refractivity contribution is 7.92. The molecule has 1 aromatic rings. The van der Waals surface area contributed by atoms with Crippen LogP contribution in [0.2, 0.25) is 0 Å². The zero-order valence-corrected chi connectivity index (χ0v) is 8.14. The van der Waals surface area contributed by atoms with Gasteiger partial charge in [0, 0.05) is 5.69 Å². The molecule has 0 bridgehead atoms. The van der Waals surface area contributed by atoms with Crippen molar-refractivity contribution in [1.29, 1.82) is 0 Å². The van der Waals surface area contributed by atoms with Gasteiger partial charge in [0.15, 0.2) is 0 Å². The van der Waals surface area contributed by atoms with Crippen LogP contribution in [0.3, 0.4) is 0 Å². The summed E-state index contributed by atoms with van der Waals surface area (Å²) in [6.07, 6.45) is 2.82. The fraction of sp³-hybridized carbons (Fsp3) is 0.111.